The molecule has 0 amide bonds. The van der Waals surface area contributed by atoms with Gasteiger partial charge in [-0.2, -0.15) is 0 Å². The summed E-state index contributed by atoms with van der Waals surface area (Å²) in [6, 6.07) is 8.33. The van der Waals surface area contributed by atoms with Crippen LogP contribution in [0.25, 0.3) is 0 Å². The van der Waals surface area contributed by atoms with E-state index >= 15 is 0 Å². The molecule has 0 N–H and O–H groups in total. The lowest BCUT2D eigenvalue weighted by atomic mass is 10.2. The predicted molar refractivity (Wildman–Crippen MR) is 64.9 cm³/mol. The fourth-order valence-electron chi connectivity index (χ4n) is 1.60. The number of rotatable bonds is 4. The zero-order valence-corrected chi connectivity index (χ0v) is 11.7. The molecule has 2 nitrogen and oxygen atoms in total. The molecule has 0 aliphatic carbocycles. The maximum Gasteiger partial charge on any atom is 0.358 e. The Balaban J connectivity index is 3.05. The maximum atomic E-state index is 5.90. The van der Waals surface area contributed by atoms with Crippen LogP contribution < -0.4 is 5.19 Å². The average Bonchev–Trinajstić information content (AvgIpc) is 2.18. The van der Waals surface area contributed by atoms with Crippen LogP contribution in [0, 0.1) is 6.92 Å². The highest BCUT2D eigenvalue weighted by molar-refractivity contribution is 6.83. The van der Waals surface area contributed by atoms with Crippen LogP contribution in [-0.2, 0) is 8.54 Å². The Kier molecular flexibility index (Phi) is 4.06. The first-order valence-electron chi connectivity index (χ1n) is 4.89. The van der Waals surface area contributed by atoms with Gasteiger partial charge in [-0.1, -0.05) is 30.8 Å². The van der Waals surface area contributed by atoms with Crippen LogP contribution in [0.2, 0.25) is 13.1 Å². The molecule has 0 radical (unpaired) electrons. The smallest absolute Gasteiger partial charge is 0.358 e. The second-order valence-electron chi connectivity index (χ2n) is 3.40. The Morgan fingerprint density at radius 3 is 2.43 bits per heavy atom. The lowest BCUT2D eigenvalue weighted by Gasteiger charge is -2.26. The van der Waals surface area contributed by atoms with Crippen LogP contribution in [0.15, 0.2) is 24.3 Å². The van der Waals surface area contributed by atoms with Crippen molar-refractivity contribution in [2.45, 2.75) is 20.0 Å². The van der Waals surface area contributed by atoms with Crippen LogP contribution in [0.3, 0.4) is 0 Å². The van der Waals surface area contributed by atoms with Crippen molar-refractivity contribution in [3.8, 4) is 0 Å². The quantitative estimate of drug-likeness (QED) is 0.715. The Morgan fingerprint density at radius 1 is 1.29 bits per heavy atom. The lowest BCUT2D eigenvalue weighted by Crippen LogP contribution is -2.51. The zero-order chi connectivity index (χ0) is 10.6. The highest BCUT2D eigenvalue weighted by Gasteiger charge is 2.33. The van der Waals surface area contributed by atoms with Gasteiger partial charge in [-0.15, -0.1) is 0 Å². The first-order valence-corrected chi connectivity index (χ1v) is 9.20. The van der Waals surface area contributed by atoms with Crippen molar-refractivity contribution < 1.29 is 8.54 Å². The van der Waals surface area contributed by atoms with E-state index in [-0.39, 0.29) is 0 Å². The van der Waals surface area contributed by atoms with Crippen molar-refractivity contribution in [1.82, 2.24) is 0 Å². The molecule has 0 saturated carbocycles. The Labute approximate surface area is 89.4 Å². The van der Waals surface area contributed by atoms with Gasteiger partial charge < -0.3 is 8.54 Å². The van der Waals surface area contributed by atoms with Crippen LogP contribution in [0.5, 0.6) is 0 Å². The summed E-state index contributed by atoms with van der Waals surface area (Å²) in [5, 5.41) is 1.26. The van der Waals surface area contributed by atoms with Crippen molar-refractivity contribution in [2.24, 2.45) is 0 Å². The van der Waals surface area contributed by atoms with Crippen LogP contribution in [0.4, 0.5) is 0 Å². The second kappa shape index (κ2) is 4.88. The minimum absolute atomic E-state index is 0.424. The number of hydrogen-bond acceptors (Lipinski definition) is 2. The average molecular weight is 226 g/mol. The molecule has 1 unspecified atom stereocenters. The van der Waals surface area contributed by atoms with E-state index in [9.17, 15) is 0 Å². The van der Waals surface area contributed by atoms with Gasteiger partial charge in [0.15, 0.2) is 0 Å². The van der Waals surface area contributed by atoms with E-state index in [0.29, 0.717) is 0 Å². The third kappa shape index (κ3) is 2.33. The molecule has 14 heavy (non-hydrogen) atoms. The molecule has 4 heteroatoms. The largest absolute Gasteiger partial charge is 0.439 e. The Hall–Kier alpha value is -0.426. The number of hydrogen-bond donors (Lipinski definition) is 0. The van der Waals surface area contributed by atoms with Crippen molar-refractivity contribution in [2.75, 3.05) is 7.11 Å². The van der Waals surface area contributed by atoms with E-state index < -0.39 is 18.3 Å². The second-order valence-corrected chi connectivity index (χ2v) is 7.97. The molecule has 0 bridgehead atoms. The Bertz CT molecular complexity index is 304. The van der Waals surface area contributed by atoms with Crippen molar-refractivity contribution in [3.63, 3.8) is 0 Å². The zero-order valence-electron chi connectivity index (χ0n) is 9.33. The predicted octanol–water partition coefficient (Wildman–Crippen LogP) is 1.07. The molecule has 0 aromatic heterocycles. The third-order valence-electron chi connectivity index (χ3n) is 2.44. The van der Waals surface area contributed by atoms with E-state index in [1.807, 2.05) is 12.1 Å². The fraction of sp³-hybridized carbons (Fsp3) is 0.400. The van der Waals surface area contributed by atoms with Gasteiger partial charge in [0.2, 0.25) is 0 Å². The fourth-order valence-corrected chi connectivity index (χ4v) is 6.32. The first kappa shape index (κ1) is 11.6. The van der Waals surface area contributed by atoms with Crippen LogP contribution in [0.1, 0.15) is 5.56 Å². The highest BCUT2D eigenvalue weighted by atomic mass is 28.4. The minimum atomic E-state index is -2.08. The molecule has 0 saturated heterocycles. The molecule has 0 fully saturated rings. The molecular weight excluding hydrogens is 208 g/mol. The van der Waals surface area contributed by atoms with Gasteiger partial charge >= 0.3 is 8.56 Å². The Morgan fingerprint density at radius 2 is 1.93 bits per heavy atom. The van der Waals surface area contributed by atoms with Gasteiger partial charge in [0.25, 0.3) is 0 Å². The molecule has 0 aliphatic rings. The summed E-state index contributed by atoms with van der Waals surface area (Å²) < 4.78 is 11.5. The SMILES string of the molecule is CO[Si](C)(O[SiH2]C)c1ccccc1C. The van der Waals surface area contributed by atoms with Crippen molar-refractivity contribution in [1.29, 1.82) is 0 Å². The summed E-state index contributed by atoms with van der Waals surface area (Å²) in [5.74, 6) is 0. The van der Waals surface area contributed by atoms with E-state index in [4.69, 9.17) is 8.54 Å². The summed E-state index contributed by atoms with van der Waals surface area (Å²) >= 11 is 0. The van der Waals surface area contributed by atoms with Crippen molar-refractivity contribution >= 4 is 23.5 Å². The molecule has 0 spiro atoms. The molecule has 78 valence electrons. The summed E-state index contributed by atoms with van der Waals surface area (Å²) in [6.07, 6.45) is 0. The monoisotopic (exact) mass is 226 g/mol. The van der Waals surface area contributed by atoms with Gasteiger partial charge in [0.05, 0.1) is 0 Å². The topological polar surface area (TPSA) is 18.5 Å². The molecular formula is C10H18O2Si2. The maximum absolute atomic E-state index is 5.90. The van der Waals surface area contributed by atoms with E-state index in [0.717, 1.165) is 0 Å². The van der Waals surface area contributed by atoms with Gasteiger partial charge in [-0.25, -0.2) is 0 Å². The lowest BCUT2D eigenvalue weighted by molar-refractivity contribution is 0.329. The molecule has 0 heterocycles. The van der Waals surface area contributed by atoms with Crippen LogP contribution in [-0.4, -0.2) is 25.4 Å². The molecule has 1 aromatic rings. The van der Waals surface area contributed by atoms with Crippen molar-refractivity contribution in [3.05, 3.63) is 29.8 Å². The molecule has 1 rings (SSSR count). The van der Waals surface area contributed by atoms with E-state index in [1.54, 1.807) is 7.11 Å². The summed E-state index contributed by atoms with van der Waals surface area (Å²) in [4.78, 5) is 0. The normalized spacial score (nSPS) is 16.0. The number of benzene rings is 1. The summed E-state index contributed by atoms with van der Waals surface area (Å²) in [7, 11) is -0.754. The van der Waals surface area contributed by atoms with Gasteiger partial charge in [0, 0.05) is 7.11 Å². The summed E-state index contributed by atoms with van der Waals surface area (Å²) in [5.41, 5.74) is 1.27. The third-order valence-corrected chi connectivity index (χ3v) is 8.12. The van der Waals surface area contributed by atoms with E-state index in [2.05, 4.69) is 32.2 Å². The number of aryl methyl sites for hydroxylation is 1. The van der Waals surface area contributed by atoms with Crippen LogP contribution >= 0.6 is 0 Å². The molecule has 0 aliphatic heterocycles. The summed E-state index contributed by atoms with van der Waals surface area (Å²) in [6.45, 7) is 6.37. The molecule has 1 aromatic carbocycles. The van der Waals surface area contributed by atoms with Gasteiger partial charge in [-0.3, -0.25) is 0 Å². The molecule has 1 atom stereocenters. The minimum Gasteiger partial charge on any atom is -0.439 e. The van der Waals surface area contributed by atoms with E-state index in [1.165, 1.54) is 10.8 Å². The first-order chi connectivity index (χ1) is 6.64. The highest BCUT2D eigenvalue weighted by Crippen LogP contribution is 2.08. The van der Waals surface area contributed by atoms with Gasteiger partial charge in [-0.05, 0) is 24.2 Å². The standard InChI is InChI=1S/C10H18O2Si2/c1-9-7-5-6-8-10(9)14(4,11-2)12-13-3/h5-8H,13H2,1-4H3. The van der Waals surface area contributed by atoms with Gasteiger partial charge in [0.1, 0.15) is 9.76 Å².